The Balaban J connectivity index is 1.81. The van der Waals surface area contributed by atoms with Crippen molar-refractivity contribution in [2.75, 3.05) is 7.11 Å². The summed E-state index contributed by atoms with van der Waals surface area (Å²) in [6, 6.07) is 22.0. The van der Waals surface area contributed by atoms with Crippen LogP contribution in [0.25, 0.3) is 39.7 Å². The molecule has 5 aromatic rings. The van der Waals surface area contributed by atoms with Crippen molar-refractivity contribution in [1.29, 1.82) is 0 Å². The van der Waals surface area contributed by atoms with Crippen LogP contribution in [-0.4, -0.2) is 26.9 Å². The minimum atomic E-state index is -4.73. The monoisotopic (exact) mass is 662 g/mol. The Morgan fingerprint density at radius 2 is 1.45 bits per heavy atom. The molecule has 38 heavy (non-hydrogen) atoms. The van der Waals surface area contributed by atoms with Crippen LogP contribution in [0.2, 0.25) is 5.02 Å². The Hall–Kier alpha value is -3.21. The molecule has 0 N–H and O–H groups in total. The molecule has 0 bridgehead atoms. The summed E-state index contributed by atoms with van der Waals surface area (Å²) in [4.78, 5) is 8.36. The predicted molar refractivity (Wildman–Crippen MR) is 147 cm³/mol. The second kappa shape index (κ2) is 10.5. The van der Waals surface area contributed by atoms with Crippen LogP contribution in [0.15, 0.2) is 87.8 Å². The van der Waals surface area contributed by atoms with Gasteiger partial charge in [0.05, 0.1) is 23.5 Å². The van der Waals surface area contributed by atoms with Gasteiger partial charge < -0.3 is 4.74 Å². The van der Waals surface area contributed by atoms with Crippen LogP contribution in [0, 0.1) is 0 Å². The molecule has 192 valence electrons. The molecule has 0 aliphatic rings. The highest BCUT2D eigenvalue weighted by Gasteiger charge is 2.35. The summed E-state index contributed by atoms with van der Waals surface area (Å²) >= 11 is 13.8. The molecule has 0 atom stereocenters. The van der Waals surface area contributed by atoms with Crippen molar-refractivity contribution < 1.29 is 17.9 Å². The van der Waals surface area contributed by atoms with Crippen LogP contribution >= 0.6 is 43.5 Å². The molecule has 5 nitrogen and oxygen atoms in total. The van der Waals surface area contributed by atoms with Crippen LogP contribution in [0.4, 0.5) is 13.2 Å². The van der Waals surface area contributed by atoms with E-state index in [0.717, 1.165) is 15.0 Å². The maximum absolute atomic E-state index is 14.0. The molecule has 0 aliphatic heterocycles. The number of hydrogen-bond acceptors (Lipinski definition) is 4. The molecule has 5 rings (SSSR count). The number of ether oxygens (including phenoxy) is 1. The second-order valence-electron chi connectivity index (χ2n) is 8.11. The fourth-order valence-electron chi connectivity index (χ4n) is 3.85. The van der Waals surface area contributed by atoms with Crippen LogP contribution in [-0.2, 0) is 6.18 Å². The average Bonchev–Trinajstić information content (AvgIpc) is 3.25. The van der Waals surface area contributed by atoms with Gasteiger partial charge in [0.15, 0.2) is 5.69 Å². The smallest absolute Gasteiger partial charge is 0.433 e. The lowest BCUT2D eigenvalue weighted by Crippen LogP contribution is -2.14. The molecule has 0 radical (unpaired) electrons. The zero-order valence-corrected chi connectivity index (χ0v) is 23.4. The molecule has 0 spiro atoms. The lowest BCUT2D eigenvalue weighted by Gasteiger charge is -2.13. The van der Waals surface area contributed by atoms with Crippen molar-refractivity contribution in [2.45, 2.75) is 6.18 Å². The largest absolute Gasteiger partial charge is 0.497 e. The summed E-state index contributed by atoms with van der Waals surface area (Å²) in [5.41, 5.74) is 1.35. The molecule has 0 saturated carbocycles. The normalized spacial score (nSPS) is 11.6. The number of nitrogens with zero attached hydrogens (tertiary/aromatic N) is 4. The third kappa shape index (κ3) is 5.34. The predicted octanol–water partition coefficient (Wildman–Crippen LogP) is 8.87. The van der Waals surface area contributed by atoms with Gasteiger partial charge in [0.1, 0.15) is 11.4 Å². The Morgan fingerprint density at radius 1 is 0.816 bits per heavy atom. The summed E-state index contributed by atoms with van der Waals surface area (Å²) in [6.07, 6.45) is -4.73. The second-order valence-corrected chi connectivity index (χ2v) is 10.3. The van der Waals surface area contributed by atoms with Gasteiger partial charge >= 0.3 is 6.18 Å². The first kappa shape index (κ1) is 26.4. The Bertz CT molecular complexity index is 1660. The molecule has 0 fully saturated rings. The fraction of sp³-hybridized carbons (Fsp3) is 0.0741. The summed E-state index contributed by atoms with van der Waals surface area (Å²) in [7, 11) is 1.48. The minimum absolute atomic E-state index is 0.0528. The van der Waals surface area contributed by atoms with E-state index in [-0.39, 0.29) is 16.7 Å². The molecular formula is C27H16Br2ClF3N4O. The highest BCUT2D eigenvalue weighted by molar-refractivity contribution is 9.10. The van der Waals surface area contributed by atoms with E-state index in [4.69, 9.17) is 16.3 Å². The van der Waals surface area contributed by atoms with E-state index in [9.17, 15) is 13.2 Å². The van der Waals surface area contributed by atoms with E-state index in [2.05, 4.69) is 46.9 Å². The van der Waals surface area contributed by atoms with Crippen LogP contribution in [0.3, 0.4) is 0 Å². The third-order valence-corrected chi connectivity index (χ3v) is 6.93. The summed E-state index contributed by atoms with van der Waals surface area (Å²) in [5.74, 6) is 0.195. The van der Waals surface area contributed by atoms with Crippen molar-refractivity contribution in [2.24, 2.45) is 0 Å². The van der Waals surface area contributed by atoms with Gasteiger partial charge in [0.25, 0.3) is 5.95 Å². The van der Waals surface area contributed by atoms with Crippen molar-refractivity contribution in [3.63, 3.8) is 0 Å². The van der Waals surface area contributed by atoms with Crippen molar-refractivity contribution in [3.8, 4) is 45.5 Å². The molecule has 0 unspecified atom stereocenters. The third-order valence-electron chi connectivity index (χ3n) is 5.58. The number of methoxy groups -OCH3 is 1. The number of hydrogen-bond donors (Lipinski definition) is 0. The molecule has 0 saturated heterocycles. The van der Waals surface area contributed by atoms with Crippen LogP contribution in [0.1, 0.15) is 5.69 Å². The molecule has 0 aliphatic carbocycles. The molecule has 2 heterocycles. The lowest BCUT2D eigenvalue weighted by molar-refractivity contribution is -0.141. The first-order chi connectivity index (χ1) is 18.1. The first-order valence-corrected chi connectivity index (χ1v) is 13.0. The van der Waals surface area contributed by atoms with E-state index < -0.39 is 11.9 Å². The van der Waals surface area contributed by atoms with Crippen LogP contribution in [0.5, 0.6) is 5.75 Å². The Kier molecular flexibility index (Phi) is 7.30. The molecule has 3 aromatic carbocycles. The highest BCUT2D eigenvalue weighted by atomic mass is 79.9. The van der Waals surface area contributed by atoms with Gasteiger partial charge in [-0.15, -0.1) is 0 Å². The van der Waals surface area contributed by atoms with Gasteiger partial charge in [-0.05, 0) is 42.5 Å². The first-order valence-electron chi connectivity index (χ1n) is 11.1. The van der Waals surface area contributed by atoms with Gasteiger partial charge in [-0.3, -0.25) is 0 Å². The maximum Gasteiger partial charge on any atom is 0.433 e. The maximum atomic E-state index is 14.0. The molecule has 2 aromatic heterocycles. The van der Waals surface area contributed by atoms with Gasteiger partial charge in [0, 0.05) is 25.6 Å². The van der Waals surface area contributed by atoms with E-state index in [0.29, 0.717) is 33.8 Å². The van der Waals surface area contributed by atoms with E-state index in [1.165, 1.54) is 11.8 Å². The van der Waals surface area contributed by atoms with E-state index >= 15 is 0 Å². The van der Waals surface area contributed by atoms with Gasteiger partial charge in [-0.2, -0.15) is 23.0 Å². The minimum Gasteiger partial charge on any atom is -0.497 e. The summed E-state index contributed by atoms with van der Waals surface area (Å²) in [5, 5.41) is 4.86. The quantitative estimate of drug-likeness (QED) is 0.188. The topological polar surface area (TPSA) is 52.8 Å². The van der Waals surface area contributed by atoms with E-state index in [1.54, 1.807) is 42.5 Å². The van der Waals surface area contributed by atoms with E-state index in [1.807, 2.05) is 30.3 Å². The number of benzene rings is 3. The van der Waals surface area contributed by atoms with Crippen LogP contribution < -0.4 is 4.74 Å². The fourth-order valence-corrected chi connectivity index (χ4v) is 4.99. The van der Waals surface area contributed by atoms with Crippen molar-refractivity contribution in [1.82, 2.24) is 19.7 Å². The van der Waals surface area contributed by atoms with Crippen molar-refractivity contribution in [3.05, 3.63) is 98.5 Å². The number of aromatic nitrogens is 4. The summed E-state index contributed by atoms with van der Waals surface area (Å²) < 4.78 is 50.1. The van der Waals surface area contributed by atoms with Gasteiger partial charge in [-0.1, -0.05) is 79.9 Å². The SMILES string of the molecule is COc1cccc(-c2cc(C(F)(F)F)nc(-n3nc(-c4cccc(Br)c4)c(Cl)c3-c3cccc(Br)c3)n2)c1. The van der Waals surface area contributed by atoms with Crippen molar-refractivity contribution >= 4 is 43.5 Å². The highest BCUT2D eigenvalue weighted by Crippen LogP contribution is 2.40. The standard InChI is InChI=1S/C27H16Br2ClF3N4O/c1-38-20-10-4-5-15(13-20)21-14-22(27(31,32)33)35-26(34-21)37-25(17-7-3-9-19(29)12-17)23(30)24(36-37)16-6-2-8-18(28)11-16/h2-14H,1H3. The molecule has 0 amide bonds. The zero-order chi connectivity index (χ0) is 27.0. The van der Waals surface area contributed by atoms with Gasteiger partial charge in [0.2, 0.25) is 0 Å². The summed E-state index contributed by atoms with van der Waals surface area (Å²) in [6.45, 7) is 0. The number of alkyl halides is 3. The molecule has 11 heteroatoms. The Labute approximate surface area is 237 Å². The zero-order valence-electron chi connectivity index (χ0n) is 19.5. The molecular weight excluding hydrogens is 649 g/mol. The number of rotatable bonds is 5. The lowest BCUT2D eigenvalue weighted by atomic mass is 10.1. The van der Waals surface area contributed by atoms with Gasteiger partial charge in [-0.25, -0.2) is 9.97 Å². The average molecular weight is 665 g/mol. The Morgan fingerprint density at radius 3 is 2.11 bits per heavy atom. The number of halogens is 6.